The molecular formula is C22H24N2O5S. The van der Waals surface area contributed by atoms with E-state index in [9.17, 15) is 13.2 Å². The standard InChI is InChI=1S/C22H24N2O5S/c1-4-15-5-7-17(8-6-15)30(26,27)23-13-19-18-12-21(29-3)20(28-2)11-16(18)9-10-24(19)22(25)14-23/h4-8,11-12,19H,1,9-10,13-14H2,2-3H3/t19-/m0/s1. The monoisotopic (exact) mass is 428 g/mol. The summed E-state index contributed by atoms with van der Waals surface area (Å²) in [5.74, 6) is 0.988. The molecule has 158 valence electrons. The quantitative estimate of drug-likeness (QED) is 0.731. The lowest BCUT2D eigenvalue weighted by Crippen LogP contribution is -2.55. The molecule has 0 unspecified atom stereocenters. The first-order chi connectivity index (χ1) is 14.4. The summed E-state index contributed by atoms with van der Waals surface area (Å²) in [6, 6.07) is 9.90. The van der Waals surface area contributed by atoms with Crippen molar-refractivity contribution in [3.05, 3.63) is 59.7 Å². The minimum atomic E-state index is -3.81. The lowest BCUT2D eigenvalue weighted by Gasteiger charge is -2.44. The normalized spacial score (nSPS) is 19.1. The van der Waals surface area contributed by atoms with Crippen LogP contribution < -0.4 is 9.47 Å². The molecule has 2 aromatic rings. The minimum absolute atomic E-state index is 0.162. The second kappa shape index (κ2) is 7.77. The van der Waals surface area contributed by atoms with Crippen molar-refractivity contribution in [3.63, 3.8) is 0 Å². The summed E-state index contributed by atoms with van der Waals surface area (Å²) in [5.41, 5.74) is 2.77. The van der Waals surface area contributed by atoms with Crippen molar-refractivity contribution in [1.29, 1.82) is 0 Å². The molecule has 2 aliphatic heterocycles. The number of sulfonamides is 1. The van der Waals surface area contributed by atoms with Crippen LogP contribution in [-0.4, -0.2) is 57.4 Å². The lowest BCUT2D eigenvalue weighted by molar-refractivity contribution is -0.138. The van der Waals surface area contributed by atoms with Crippen LogP contribution in [0.15, 0.2) is 47.9 Å². The zero-order valence-electron chi connectivity index (χ0n) is 17.0. The fraction of sp³-hybridized carbons (Fsp3) is 0.318. The van der Waals surface area contributed by atoms with E-state index < -0.39 is 10.0 Å². The first-order valence-corrected chi connectivity index (χ1v) is 11.1. The van der Waals surface area contributed by atoms with Gasteiger partial charge in [-0.05, 0) is 47.4 Å². The van der Waals surface area contributed by atoms with Gasteiger partial charge in [0.25, 0.3) is 0 Å². The molecule has 8 heteroatoms. The molecule has 0 bridgehead atoms. The van der Waals surface area contributed by atoms with Crippen LogP contribution in [0.1, 0.15) is 22.7 Å². The van der Waals surface area contributed by atoms with Crippen molar-refractivity contribution in [3.8, 4) is 11.5 Å². The minimum Gasteiger partial charge on any atom is -0.493 e. The van der Waals surface area contributed by atoms with Gasteiger partial charge in [0.05, 0.1) is 31.7 Å². The SMILES string of the molecule is C=Cc1ccc(S(=O)(=O)N2CC(=O)N3CCc4cc(OC)c(OC)cc4[C@@H]3C2)cc1. The number of ether oxygens (including phenoxy) is 2. The summed E-state index contributed by atoms with van der Waals surface area (Å²) in [6.07, 6.45) is 2.34. The molecule has 2 aromatic carbocycles. The van der Waals surface area contributed by atoms with Crippen LogP contribution in [0.4, 0.5) is 0 Å². The zero-order chi connectivity index (χ0) is 21.5. The molecule has 4 rings (SSSR count). The number of fused-ring (bicyclic) bond motifs is 3. The molecule has 0 radical (unpaired) electrons. The molecule has 0 aromatic heterocycles. The molecule has 0 N–H and O–H groups in total. The second-order valence-corrected chi connectivity index (χ2v) is 9.27. The van der Waals surface area contributed by atoms with Gasteiger partial charge in [-0.3, -0.25) is 4.79 Å². The number of nitrogens with zero attached hydrogens (tertiary/aromatic N) is 2. The predicted octanol–water partition coefficient (Wildman–Crippen LogP) is 2.48. The Hall–Kier alpha value is -2.84. The number of carbonyl (C=O) groups excluding carboxylic acids is 1. The van der Waals surface area contributed by atoms with Gasteiger partial charge < -0.3 is 14.4 Å². The van der Waals surface area contributed by atoms with Crippen LogP contribution >= 0.6 is 0 Å². The van der Waals surface area contributed by atoms with Crippen LogP contribution in [0.2, 0.25) is 0 Å². The Morgan fingerprint density at radius 3 is 2.40 bits per heavy atom. The molecule has 0 spiro atoms. The van der Waals surface area contributed by atoms with E-state index in [0.29, 0.717) is 24.5 Å². The molecule has 1 fully saturated rings. The van der Waals surface area contributed by atoms with Gasteiger partial charge in [0, 0.05) is 13.1 Å². The fourth-order valence-electron chi connectivity index (χ4n) is 4.13. The number of carbonyl (C=O) groups is 1. The van der Waals surface area contributed by atoms with Gasteiger partial charge in [-0.1, -0.05) is 24.8 Å². The summed E-state index contributed by atoms with van der Waals surface area (Å²) in [4.78, 5) is 14.8. The second-order valence-electron chi connectivity index (χ2n) is 7.33. The van der Waals surface area contributed by atoms with Crippen LogP contribution in [0.5, 0.6) is 11.5 Å². The highest BCUT2D eigenvalue weighted by Gasteiger charge is 2.41. The van der Waals surface area contributed by atoms with Gasteiger partial charge in [0.1, 0.15) is 0 Å². The van der Waals surface area contributed by atoms with Gasteiger partial charge in [-0.2, -0.15) is 4.31 Å². The molecule has 2 heterocycles. The number of hydrogen-bond acceptors (Lipinski definition) is 5. The summed E-state index contributed by atoms with van der Waals surface area (Å²) in [7, 11) is -0.671. The number of hydrogen-bond donors (Lipinski definition) is 0. The first kappa shape index (κ1) is 20.4. The van der Waals surface area contributed by atoms with Crippen molar-refractivity contribution in [1.82, 2.24) is 9.21 Å². The highest BCUT2D eigenvalue weighted by molar-refractivity contribution is 7.89. The van der Waals surface area contributed by atoms with E-state index in [0.717, 1.165) is 16.7 Å². The highest BCUT2D eigenvalue weighted by atomic mass is 32.2. The fourth-order valence-corrected chi connectivity index (χ4v) is 5.53. The van der Waals surface area contributed by atoms with E-state index in [4.69, 9.17) is 9.47 Å². The molecule has 7 nitrogen and oxygen atoms in total. The predicted molar refractivity (Wildman–Crippen MR) is 113 cm³/mol. The van der Waals surface area contributed by atoms with Crippen molar-refractivity contribution < 1.29 is 22.7 Å². The maximum Gasteiger partial charge on any atom is 0.243 e. The number of benzene rings is 2. The van der Waals surface area contributed by atoms with Crippen molar-refractivity contribution in [2.24, 2.45) is 0 Å². The van der Waals surface area contributed by atoms with Gasteiger partial charge >= 0.3 is 0 Å². The molecule has 1 saturated heterocycles. The topological polar surface area (TPSA) is 76.2 Å². The third-order valence-electron chi connectivity index (χ3n) is 5.76. The van der Waals surface area contributed by atoms with E-state index in [2.05, 4.69) is 6.58 Å². The first-order valence-electron chi connectivity index (χ1n) is 9.66. The van der Waals surface area contributed by atoms with Crippen LogP contribution in [-0.2, 0) is 21.2 Å². The Balaban J connectivity index is 1.71. The molecule has 1 atom stereocenters. The Morgan fingerprint density at radius 2 is 1.77 bits per heavy atom. The lowest BCUT2D eigenvalue weighted by atomic mass is 9.90. The average Bonchev–Trinajstić information content (AvgIpc) is 2.77. The van der Waals surface area contributed by atoms with Crippen molar-refractivity contribution in [2.45, 2.75) is 17.4 Å². The van der Waals surface area contributed by atoms with Crippen LogP contribution in [0, 0.1) is 0 Å². The Bertz CT molecular complexity index is 1100. The van der Waals surface area contributed by atoms with Crippen molar-refractivity contribution >= 4 is 22.0 Å². The largest absolute Gasteiger partial charge is 0.493 e. The molecule has 30 heavy (non-hydrogen) atoms. The zero-order valence-corrected chi connectivity index (χ0v) is 17.8. The third-order valence-corrected chi connectivity index (χ3v) is 7.59. The van der Waals surface area contributed by atoms with E-state index in [1.54, 1.807) is 49.5 Å². The molecule has 2 aliphatic rings. The van der Waals surface area contributed by atoms with E-state index >= 15 is 0 Å². The van der Waals surface area contributed by atoms with Gasteiger partial charge in [0.2, 0.25) is 15.9 Å². The maximum absolute atomic E-state index is 13.2. The van der Waals surface area contributed by atoms with Gasteiger partial charge in [-0.15, -0.1) is 0 Å². The van der Waals surface area contributed by atoms with Crippen molar-refractivity contribution in [2.75, 3.05) is 33.9 Å². The summed E-state index contributed by atoms with van der Waals surface area (Å²) in [5, 5.41) is 0. The number of rotatable bonds is 5. The van der Waals surface area contributed by atoms with Gasteiger partial charge in [0.15, 0.2) is 11.5 Å². The Morgan fingerprint density at radius 1 is 1.10 bits per heavy atom. The smallest absolute Gasteiger partial charge is 0.243 e. The molecule has 1 amide bonds. The van der Waals surface area contributed by atoms with E-state index in [-0.39, 0.29) is 29.9 Å². The molecular weight excluding hydrogens is 404 g/mol. The third kappa shape index (κ3) is 3.36. The summed E-state index contributed by atoms with van der Waals surface area (Å²) >= 11 is 0. The number of methoxy groups -OCH3 is 2. The van der Waals surface area contributed by atoms with Crippen LogP contribution in [0.25, 0.3) is 6.08 Å². The Kier molecular flexibility index (Phi) is 5.29. The van der Waals surface area contributed by atoms with E-state index in [1.807, 2.05) is 12.1 Å². The molecule has 0 saturated carbocycles. The van der Waals surface area contributed by atoms with Crippen LogP contribution in [0.3, 0.4) is 0 Å². The average molecular weight is 429 g/mol. The molecule has 0 aliphatic carbocycles. The summed E-state index contributed by atoms with van der Waals surface area (Å²) < 4.78 is 38.5. The maximum atomic E-state index is 13.2. The Labute approximate surface area is 176 Å². The number of amides is 1. The van der Waals surface area contributed by atoms with Gasteiger partial charge in [-0.25, -0.2) is 8.42 Å². The highest BCUT2D eigenvalue weighted by Crippen LogP contribution is 2.40. The summed E-state index contributed by atoms with van der Waals surface area (Å²) in [6.45, 7) is 4.27. The number of piperazine rings is 1. The van der Waals surface area contributed by atoms with E-state index in [1.165, 1.54) is 4.31 Å².